The van der Waals surface area contributed by atoms with E-state index in [1.807, 2.05) is 0 Å². The topological polar surface area (TPSA) is 15.6 Å². The maximum atomic E-state index is 4.37. The molecule has 0 aliphatic carbocycles. The molecule has 0 aromatic heterocycles. The standard InChI is InChI=1S/C11H23N2.Co/c1-8-13(11(5,6)7)9-12-10(2,3)4;/h8H2,1-7H3;/q-1;. The van der Waals surface area contributed by atoms with Crippen molar-refractivity contribution in [1.82, 2.24) is 4.90 Å². The molecule has 0 aromatic carbocycles. The van der Waals surface area contributed by atoms with E-state index >= 15 is 0 Å². The molecule has 0 fully saturated rings. The second-order valence-corrected chi connectivity index (χ2v) is 5.30. The molecule has 0 spiro atoms. The Bertz CT molecular complexity index is 175. The number of aliphatic imine (C=N–C) groups is 1. The summed E-state index contributed by atoms with van der Waals surface area (Å²) in [5.74, 6) is 0. The molecule has 0 saturated carbocycles. The van der Waals surface area contributed by atoms with Gasteiger partial charge in [-0.1, -0.05) is 6.92 Å². The fourth-order valence-electron chi connectivity index (χ4n) is 0.905. The van der Waals surface area contributed by atoms with E-state index in [2.05, 4.69) is 64.7 Å². The van der Waals surface area contributed by atoms with E-state index < -0.39 is 0 Å². The van der Waals surface area contributed by atoms with Crippen LogP contribution in [-0.2, 0) is 16.8 Å². The third-order valence-electron chi connectivity index (χ3n) is 1.63. The van der Waals surface area contributed by atoms with Crippen molar-refractivity contribution in [2.45, 2.75) is 59.5 Å². The molecule has 0 atom stereocenters. The summed E-state index contributed by atoms with van der Waals surface area (Å²) < 4.78 is 0. The summed E-state index contributed by atoms with van der Waals surface area (Å²) in [4.78, 5) is 6.49. The molecule has 0 aliphatic heterocycles. The van der Waals surface area contributed by atoms with Gasteiger partial charge in [-0.2, -0.15) is 0 Å². The Kier molecular flexibility index (Phi) is 6.75. The van der Waals surface area contributed by atoms with E-state index in [0.717, 1.165) is 6.54 Å². The van der Waals surface area contributed by atoms with Crippen LogP contribution in [0.4, 0.5) is 0 Å². The van der Waals surface area contributed by atoms with Crippen LogP contribution in [0, 0.1) is 0 Å². The Morgan fingerprint density at radius 1 is 1.07 bits per heavy atom. The van der Waals surface area contributed by atoms with Gasteiger partial charge in [-0.25, -0.2) is 0 Å². The Balaban J connectivity index is 0. The van der Waals surface area contributed by atoms with Crippen molar-refractivity contribution in [1.29, 1.82) is 0 Å². The second kappa shape index (κ2) is 5.76. The monoisotopic (exact) mass is 242 g/mol. The minimum absolute atomic E-state index is 0. The van der Waals surface area contributed by atoms with E-state index in [9.17, 15) is 0 Å². The zero-order chi connectivity index (χ0) is 10.7. The fourth-order valence-corrected chi connectivity index (χ4v) is 0.905. The Morgan fingerprint density at radius 2 is 1.50 bits per heavy atom. The number of hydrogen-bond acceptors (Lipinski definition) is 1. The predicted molar refractivity (Wildman–Crippen MR) is 59.3 cm³/mol. The van der Waals surface area contributed by atoms with Gasteiger partial charge in [0, 0.05) is 27.9 Å². The van der Waals surface area contributed by atoms with E-state index in [1.165, 1.54) is 0 Å². The summed E-state index contributed by atoms with van der Waals surface area (Å²) in [6.45, 7) is 15.8. The van der Waals surface area contributed by atoms with Gasteiger partial charge in [0.15, 0.2) is 0 Å². The van der Waals surface area contributed by atoms with Crippen molar-refractivity contribution < 1.29 is 16.8 Å². The summed E-state index contributed by atoms with van der Waals surface area (Å²) in [6, 6.07) is 0. The van der Waals surface area contributed by atoms with Crippen LogP contribution in [0.15, 0.2) is 4.99 Å². The van der Waals surface area contributed by atoms with Crippen LogP contribution in [0.25, 0.3) is 0 Å². The third-order valence-corrected chi connectivity index (χ3v) is 1.63. The number of hydrogen-bond donors (Lipinski definition) is 0. The molecule has 87 valence electrons. The van der Waals surface area contributed by atoms with E-state index in [4.69, 9.17) is 0 Å². The van der Waals surface area contributed by atoms with Crippen LogP contribution in [0.5, 0.6) is 0 Å². The molecule has 0 bridgehead atoms. The van der Waals surface area contributed by atoms with Crippen LogP contribution in [0.2, 0.25) is 0 Å². The molecular formula is C11H23CoN2-. The normalized spacial score (nSPS) is 12.8. The predicted octanol–water partition coefficient (Wildman–Crippen LogP) is 2.81. The zero-order valence-corrected chi connectivity index (χ0v) is 11.5. The van der Waals surface area contributed by atoms with Crippen molar-refractivity contribution in [2.24, 2.45) is 4.99 Å². The first kappa shape index (κ1) is 16.4. The van der Waals surface area contributed by atoms with Gasteiger partial charge in [0.25, 0.3) is 0 Å². The van der Waals surface area contributed by atoms with Crippen LogP contribution in [-0.4, -0.2) is 28.9 Å². The molecule has 0 saturated heterocycles. The third kappa shape index (κ3) is 7.39. The first-order valence-electron chi connectivity index (χ1n) is 4.92. The van der Waals surface area contributed by atoms with Gasteiger partial charge in [0.1, 0.15) is 0 Å². The average Bonchev–Trinajstić information content (AvgIpc) is 1.82. The summed E-state index contributed by atoms with van der Waals surface area (Å²) in [5, 5.41) is 0. The van der Waals surface area contributed by atoms with Crippen molar-refractivity contribution in [3.05, 3.63) is 0 Å². The molecule has 0 heterocycles. The van der Waals surface area contributed by atoms with Gasteiger partial charge in [-0.15, -0.1) is 0 Å². The maximum Gasteiger partial charge on any atom is 0.0159 e. The van der Waals surface area contributed by atoms with Crippen LogP contribution in [0.1, 0.15) is 48.5 Å². The first-order chi connectivity index (χ1) is 5.67. The fraction of sp³-hybridized carbons (Fsp3) is 0.909. The molecule has 3 heteroatoms. The molecule has 0 unspecified atom stereocenters. The quantitative estimate of drug-likeness (QED) is 0.314. The van der Waals surface area contributed by atoms with E-state index in [1.54, 1.807) is 0 Å². The summed E-state index contributed by atoms with van der Waals surface area (Å²) >= 11 is 0. The van der Waals surface area contributed by atoms with Gasteiger partial charge >= 0.3 is 0 Å². The molecule has 0 aliphatic rings. The molecule has 0 amide bonds. The number of rotatable bonds is 2. The SMILES string of the molecule is CCN([C-]=NC(C)(C)C)C(C)(C)C.[Co]. The minimum Gasteiger partial charge on any atom is -0.533 e. The Morgan fingerprint density at radius 3 is 1.71 bits per heavy atom. The summed E-state index contributed by atoms with van der Waals surface area (Å²) in [6.07, 6.45) is 3.11. The largest absolute Gasteiger partial charge is 0.533 e. The van der Waals surface area contributed by atoms with E-state index in [0.29, 0.717) is 0 Å². The summed E-state index contributed by atoms with van der Waals surface area (Å²) in [5.41, 5.74) is 0.0855. The minimum atomic E-state index is -0.0291. The van der Waals surface area contributed by atoms with Gasteiger partial charge in [0.05, 0.1) is 0 Å². The number of nitrogens with zero attached hydrogens (tertiary/aromatic N) is 2. The van der Waals surface area contributed by atoms with E-state index in [-0.39, 0.29) is 27.9 Å². The molecule has 14 heavy (non-hydrogen) atoms. The first-order valence-corrected chi connectivity index (χ1v) is 4.92. The van der Waals surface area contributed by atoms with Gasteiger partial charge in [0.2, 0.25) is 0 Å². The van der Waals surface area contributed by atoms with Crippen LogP contribution >= 0.6 is 0 Å². The molecule has 0 rings (SSSR count). The molecular weight excluding hydrogens is 219 g/mol. The van der Waals surface area contributed by atoms with Crippen molar-refractivity contribution in [3.8, 4) is 0 Å². The molecule has 0 aromatic rings. The van der Waals surface area contributed by atoms with Crippen LogP contribution < -0.4 is 0 Å². The van der Waals surface area contributed by atoms with Crippen molar-refractivity contribution >= 4 is 6.34 Å². The summed E-state index contributed by atoms with van der Waals surface area (Å²) in [7, 11) is 0. The second-order valence-electron chi connectivity index (χ2n) is 5.30. The Hall–Kier alpha value is -0.0235. The Labute approximate surface area is 99.4 Å². The molecule has 2 nitrogen and oxygen atoms in total. The van der Waals surface area contributed by atoms with Crippen molar-refractivity contribution in [2.75, 3.05) is 6.54 Å². The zero-order valence-electron chi connectivity index (χ0n) is 10.4. The van der Waals surface area contributed by atoms with Gasteiger partial charge in [-0.05, 0) is 48.1 Å². The molecule has 0 N–H and O–H groups in total. The van der Waals surface area contributed by atoms with Gasteiger partial charge < -0.3 is 9.89 Å². The average molecular weight is 242 g/mol. The molecule has 1 radical (unpaired) electrons. The van der Waals surface area contributed by atoms with Crippen molar-refractivity contribution in [3.63, 3.8) is 0 Å². The maximum absolute atomic E-state index is 4.37. The van der Waals surface area contributed by atoms with Gasteiger partial charge in [-0.3, -0.25) is 6.34 Å². The van der Waals surface area contributed by atoms with Crippen LogP contribution in [0.3, 0.4) is 0 Å². The smallest absolute Gasteiger partial charge is 0.0159 e.